The highest BCUT2D eigenvalue weighted by Crippen LogP contribution is 2.23. The lowest BCUT2D eigenvalue weighted by Gasteiger charge is -2.29. The molecule has 4 N–H and O–H groups in total. The highest BCUT2D eigenvalue weighted by atomic mass is 16.2. The van der Waals surface area contributed by atoms with Gasteiger partial charge in [-0.2, -0.15) is 0 Å². The fourth-order valence-electron chi connectivity index (χ4n) is 2.58. The Morgan fingerprint density at radius 2 is 1.79 bits per heavy atom. The fraction of sp³-hybridized carbons (Fsp3) is 0.857. The number of hydrogen-bond acceptors (Lipinski definition) is 2. The molecular weight excluding hydrogens is 242 g/mol. The fourth-order valence-corrected chi connectivity index (χ4v) is 2.58. The van der Waals surface area contributed by atoms with E-state index in [9.17, 15) is 9.59 Å². The molecule has 5 heteroatoms. The summed E-state index contributed by atoms with van der Waals surface area (Å²) < 4.78 is 0. The monoisotopic (exact) mass is 269 g/mol. The van der Waals surface area contributed by atoms with E-state index in [0.717, 1.165) is 31.6 Å². The van der Waals surface area contributed by atoms with Crippen molar-refractivity contribution in [3.05, 3.63) is 0 Å². The minimum Gasteiger partial charge on any atom is -0.352 e. The zero-order valence-corrected chi connectivity index (χ0v) is 12.2. The second-order valence-corrected chi connectivity index (χ2v) is 6.16. The number of nitrogens with one attached hydrogen (secondary N) is 2. The van der Waals surface area contributed by atoms with Crippen molar-refractivity contribution >= 4 is 11.9 Å². The first kappa shape index (κ1) is 15.8. The van der Waals surface area contributed by atoms with E-state index in [2.05, 4.69) is 17.6 Å². The Balaban J connectivity index is 2.48. The second-order valence-electron chi connectivity index (χ2n) is 6.16. The molecule has 0 bridgehead atoms. The van der Waals surface area contributed by atoms with E-state index in [1.165, 1.54) is 0 Å². The van der Waals surface area contributed by atoms with Gasteiger partial charge in [-0.05, 0) is 43.9 Å². The molecule has 0 radical (unpaired) electrons. The molecule has 0 unspecified atom stereocenters. The first-order chi connectivity index (χ1) is 8.88. The molecule has 3 amide bonds. The van der Waals surface area contributed by atoms with Gasteiger partial charge in [-0.25, -0.2) is 4.79 Å². The van der Waals surface area contributed by atoms with Crippen molar-refractivity contribution < 1.29 is 9.59 Å². The van der Waals surface area contributed by atoms with Gasteiger partial charge in [0.2, 0.25) is 5.91 Å². The SMILES string of the molecule is CC(C)C[C@@H](NC(N)=O)C(=O)NC1CCC(C)CC1. The molecule has 0 spiro atoms. The summed E-state index contributed by atoms with van der Waals surface area (Å²) in [5, 5.41) is 5.58. The minimum absolute atomic E-state index is 0.105. The number of amides is 3. The molecule has 0 aliphatic heterocycles. The van der Waals surface area contributed by atoms with Crippen LogP contribution in [0.2, 0.25) is 0 Å². The topological polar surface area (TPSA) is 84.2 Å². The van der Waals surface area contributed by atoms with Crippen LogP contribution in [-0.2, 0) is 4.79 Å². The van der Waals surface area contributed by atoms with Crippen LogP contribution in [-0.4, -0.2) is 24.0 Å². The standard InChI is InChI=1S/C14H27N3O2/c1-9(2)8-12(17-14(15)19)13(18)16-11-6-4-10(3)5-7-11/h9-12H,4-8H2,1-3H3,(H,16,18)(H3,15,17,19)/t10?,11?,12-/m1/s1. The van der Waals surface area contributed by atoms with E-state index < -0.39 is 12.1 Å². The summed E-state index contributed by atoms with van der Waals surface area (Å²) in [6.07, 6.45) is 4.97. The lowest BCUT2D eigenvalue weighted by molar-refractivity contribution is -0.124. The molecule has 110 valence electrons. The summed E-state index contributed by atoms with van der Waals surface area (Å²) in [4.78, 5) is 23.1. The molecule has 1 fully saturated rings. The molecule has 5 nitrogen and oxygen atoms in total. The van der Waals surface area contributed by atoms with Gasteiger partial charge in [0.1, 0.15) is 6.04 Å². The molecule has 0 aromatic rings. The Kier molecular flexibility index (Phi) is 6.12. The van der Waals surface area contributed by atoms with Crippen LogP contribution in [0.15, 0.2) is 0 Å². The lowest BCUT2D eigenvalue weighted by Crippen LogP contribution is -2.51. The van der Waals surface area contributed by atoms with Gasteiger partial charge in [-0.3, -0.25) is 4.79 Å². The van der Waals surface area contributed by atoms with Gasteiger partial charge in [0, 0.05) is 6.04 Å². The van der Waals surface area contributed by atoms with Gasteiger partial charge in [-0.1, -0.05) is 20.8 Å². The van der Waals surface area contributed by atoms with Crippen LogP contribution in [0, 0.1) is 11.8 Å². The number of hydrogen-bond donors (Lipinski definition) is 3. The molecule has 0 aromatic carbocycles. The number of primary amides is 1. The molecule has 0 saturated heterocycles. The number of nitrogens with two attached hydrogens (primary N) is 1. The van der Waals surface area contributed by atoms with Crippen molar-refractivity contribution in [2.75, 3.05) is 0 Å². The van der Waals surface area contributed by atoms with E-state index in [1.807, 2.05) is 13.8 Å². The van der Waals surface area contributed by atoms with Crippen molar-refractivity contribution in [2.24, 2.45) is 17.6 Å². The van der Waals surface area contributed by atoms with E-state index in [0.29, 0.717) is 12.3 Å². The van der Waals surface area contributed by atoms with Crippen molar-refractivity contribution in [3.8, 4) is 0 Å². The maximum Gasteiger partial charge on any atom is 0.312 e. The van der Waals surface area contributed by atoms with E-state index in [1.54, 1.807) is 0 Å². The zero-order chi connectivity index (χ0) is 14.4. The third-order valence-corrected chi connectivity index (χ3v) is 3.70. The second kappa shape index (κ2) is 7.36. The van der Waals surface area contributed by atoms with Crippen LogP contribution in [0.3, 0.4) is 0 Å². The Morgan fingerprint density at radius 3 is 2.26 bits per heavy atom. The summed E-state index contributed by atoms with van der Waals surface area (Å²) >= 11 is 0. The van der Waals surface area contributed by atoms with Crippen molar-refractivity contribution in [1.29, 1.82) is 0 Å². The lowest BCUT2D eigenvalue weighted by atomic mass is 9.87. The minimum atomic E-state index is -0.641. The average Bonchev–Trinajstić information content (AvgIpc) is 2.30. The predicted octanol–water partition coefficient (Wildman–Crippen LogP) is 1.76. The van der Waals surface area contributed by atoms with E-state index >= 15 is 0 Å². The Hall–Kier alpha value is -1.26. The number of urea groups is 1. The van der Waals surface area contributed by atoms with Crippen LogP contribution in [0.5, 0.6) is 0 Å². The molecular formula is C14H27N3O2. The average molecular weight is 269 g/mol. The van der Waals surface area contributed by atoms with Gasteiger partial charge in [0.25, 0.3) is 0 Å². The molecule has 19 heavy (non-hydrogen) atoms. The zero-order valence-electron chi connectivity index (χ0n) is 12.2. The van der Waals surface area contributed by atoms with Crippen LogP contribution in [0.25, 0.3) is 0 Å². The molecule has 0 heterocycles. The Morgan fingerprint density at radius 1 is 1.21 bits per heavy atom. The van der Waals surface area contributed by atoms with Crippen LogP contribution < -0.4 is 16.4 Å². The molecule has 1 atom stereocenters. The number of carbonyl (C=O) groups is 2. The first-order valence-electron chi connectivity index (χ1n) is 7.24. The maximum atomic E-state index is 12.2. The third kappa shape index (κ3) is 5.94. The quantitative estimate of drug-likeness (QED) is 0.710. The molecule has 1 rings (SSSR count). The van der Waals surface area contributed by atoms with Crippen LogP contribution in [0.1, 0.15) is 52.9 Å². The van der Waals surface area contributed by atoms with E-state index in [-0.39, 0.29) is 11.9 Å². The number of rotatable bonds is 5. The van der Waals surface area contributed by atoms with Crippen LogP contribution >= 0.6 is 0 Å². The molecule has 0 aromatic heterocycles. The molecule has 1 aliphatic rings. The van der Waals surface area contributed by atoms with Crippen molar-refractivity contribution in [1.82, 2.24) is 10.6 Å². The predicted molar refractivity (Wildman–Crippen MR) is 75.5 cm³/mol. The smallest absolute Gasteiger partial charge is 0.312 e. The van der Waals surface area contributed by atoms with Gasteiger partial charge >= 0.3 is 6.03 Å². The van der Waals surface area contributed by atoms with E-state index in [4.69, 9.17) is 5.73 Å². The van der Waals surface area contributed by atoms with Gasteiger partial charge in [0.05, 0.1) is 0 Å². The van der Waals surface area contributed by atoms with Gasteiger partial charge < -0.3 is 16.4 Å². The molecule has 1 aliphatic carbocycles. The van der Waals surface area contributed by atoms with Gasteiger partial charge in [0.15, 0.2) is 0 Å². The summed E-state index contributed by atoms with van der Waals surface area (Å²) in [5.74, 6) is 0.976. The summed E-state index contributed by atoms with van der Waals surface area (Å²) in [5.41, 5.74) is 5.13. The Labute approximate surface area is 115 Å². The normalized spacial score (nSPS) is 24.8. The highest BCUT2D eigenvalue weighted by Gasteiger charge is 2.25. The van der Waals surface area contributed by atoms with Crippen molar-refractivity contribution in [2.45, 2.75) is 65.0 Å². The summed E-state index contributed by atoms with van der Waals surface area (Å²) in [6.45, 7) is 6.28. The Bertz CT molecular complexity index is 310. The first-order valence-corrected chi connectivity index (χ1v) is 7.24. The number of carbonyl (C=O) groups excluding carboxylic acids is 2. The summed E-state index contributed by atoms with van der Waals surface area (Å²) in [7, 11) is 0. The molecule has 1 saturated carbocycles. The summed E-state index contributed by atoms with van der Waals surface area (Å²) in [6, 6.07) is -0.914. The van der Waals surface area contributed by atoms with Gasteiger partial charge in [-0.15, -0.1) is 0 Å². The largest absolute Gasteiger partial charge is 0.352 e. The maximum absolute atomic E-state index is 12.2. The third-order valence-electron chi connectivity index (χ3n) is 3.70. The van der Waals surface area contributed by atoms with Crippen LogP contribution in [0.4, 0.5) is 4.79 Å². The highest BCUT2D eigenvalue weighted by molar-refractivity contribution is 5.86. The van der Waals surface area contributed by atoms with Crippen molar-refractivity contribution in [3.63, 3.8) is 0 Å².